The highest BCUT2D eigenvalue weighted by Crippen LogP contribution is 2.41. The van der Waals surface area contributed by atoms with E-state index in [0.29, 0.717) is 25.2 Å². The summed E-state index contributed by atoms with van der Waals surface area (Å²) in [5.74, 6) is 0. The molecule has 2 amide bonds. The van der Waals surface area contributed by atoms with E-state index in [0.717, 1.165) is 30.5 Å². The Morgan fingerprint density at radius 3 is 2.17 bits per heavy atom. The number of piperazine rings is 1. The smallest absolute Gasteiger partial charge is 0.321 e. The van der Waals surface area contributed by atoms with Crippen molar-refractivity contribution >= 4 is 6.03 Å². The molecule has 2 aliphatic rings. The van der Waals surface area contributed by atoms with Crippen molar-refractivity contribution in [2.24, 2.45) is 0 Å². The average molecular weight is 514 g/mol. The number of rotatable bonds is 3. The Morgan fingerprint density at radius 1 is 0.972 bits per heavy atom. The first-order chi connectivity index (χ1) is 16.8. The van der Waals surface area contributed by atoms with Crippen molar-refractivity contribution in [1.29, 1.82) is 0 Å². The molecule has 0 N–H and O–H groups in total. The molecule has 4 rings (SSSR count). The molecule has 0 spiro atoms. The number of benzene rings is 2. The fourth-order valence-corrected chi connectivity index (χ4v) is 5.39. The van der Waals surface area contributed by atoms with E-state index in [1.807, 2.05) is 31.2 Å². The second-order valence-corrected chi connectivity index (χ2v) is 9.65. The minimum absolute atomic E-state index is 0.103. The second-order valence-electron chi connectivity index (χ2n) is 9.65. The monoisotopic (exact) mass is 513 g/mol. The predicted octanol–water partition coefficient (Wildman–Crippen LogP) is 6.67. The van der Waals surface area contributed by atoms with Crippen molar-refractivity contribution in [3.8, 4) is 0 Å². The Balaban J connectivity index is 1.68. The first-order valence-corrected chi connectivity index (χ1v) is 11.9. The number of nitrogens with zero attached hydrogens (tertiary/aromatic N) is 3. The van der Waals surface area contributed by atoms with E-state index < -0.39 is 35.6 Å². The summed E-state index contributed by atoms with van der Waals surface area (Å²) in [6.07, 6.45) is -7.99. The molecule has 0 bridgehead atoms. The fraction of sp³-hybridized carbons (Fsp3) is 0.500. The number of alkyl halides is 6. The highest BCUT2D eigenvalue weighted by molar-refractivity contribution is 5.76. The van der Waals surface area contributed by atoms with Crippen LogP contribution in [-0.2, 0) is 12.4 Å². The summed E-state index contributed by atoms with van der Waals surface area (Å²) in [5, 5.41) is 0. The summed E-state index contributed by atoms with van der Waals surface area (Å²) in [5.41, 5.74) is -0.978. The van der Waals surface area contributed by atoms with Crippen LogP contribution in [0.2, 0.25) is 0 Å². The van der Waals surface area contributed by atoms with Crippen molar-refractivity contribution in [1.82, 2.24) is 14.7 Å². The standard InChI is InChI=1S/C26H29F6N3O/c1-16-7-4-5-8-21(16)23-22-9-6-10-34(22)11-12-35(23)24(36)33(3)17(2)18-13-19(25(27,28)29)15-20(14-18)26(30,31)32/h4-5,7-8,13-15,17,22-23H,6,9-12H2,1-3H3/t17-,22?,23?/m1/s1. The Labute approximate surface area is 206 Å². The van der Waals surface area contributed by atoms with E-state index in [9.17, 15) is 31.1 Å². The van der Waals surface area contributed by atoms with Crippen LogP contribution in [0.15, 0.2) is 42.5 Å². The molecule has 2 fully saturated rings. The number of carbonyl (C=O) groups is 1. The quantitative estimate of drug-likeness (QED) is 0.429. The fourth-order valence-electron chi connectivity index (χ4n) is 5.39. The SMILES string of the molecule is Cc1ccccc1C1C2CCCN2CCN1C(=O)N(C)[C@H](C)c1cc(C(F)(F)F)cc(C(F)(F)F)c1. The molecule has 10 heteroatoms. The number of aryl methyl sites for hydroxylation is 1. The molecule has 36 heavy (non-hydrogen) atoms. The molecule has 196 valence electrons. The first-order valence-electron chi connectivity index (χ1n) is 11.9. The number of urea groups is 1. The second kappa shape index (κ2) is 9.61. The summed E-state index contributed by atoms with van der Waals surface area (Å²) in [6, 6.07) is 7.68. The summed E-state index contributed by atoms with van der Waals surface area (Å²) in [7, 11) is 1.43. The third-order valence-corrected chi connectivity index (χ3v) is 7.47. The van der Waals surface area contributed by atoms with Crippen molar-refractivity contribution in [3.63, 3.8) is 0 Å². The van der Waals surface area contributed by atoms with Crippen LogP contribution < -0.4 is 0 Å². The van der Waals surface area contributed by atoms with E-state index in [4.69, 9.17) is 0 Å². The molecule has 0 saturated carbocycles. The van der Waals surface area contributed by atoms with Crippen molar-refractivity contribution in [2.75, 3.05) is 26.7 Å². The zero-order valence-electron chi connectivity index (χ0n) is 20.3. The van der Waals surface area contributed by atoms with Gasteiger partial charge in [-0.05, 0) is 68.1 Å². The highest BCUT2D eigenvalue weighted by atomic mass is 19.4. The van der Waals surface area contributed by atoms with Gasteiger partial charge in [-0.15, -0.1) is 0 Å². The van der Waals surface area contributed by atoms with Gasteiger partial charge >= 0.3 is 18.4 Å². The van der Waals surface area contributed by atoms with Crippen LogP contribution in [-0.4, -0.2) is 53.5 Å². The molecular weight excluding hydrogens is 484 g/mol. The van der Waals surface area contributed by atoms with E-state index in [1.54, 1.807) is 4.90 Å². The van der Waals surface area contributed by atoms with Gasteiger partial charge in [0.25, 0.3) is 0 Å². The minimum atomic E-state index is -4.95. The van der Waals surface area contributed by atoms with Gasteiger partial charge in [0, 0.05) is 26.2 Å². The lowest BCUT2D eigenvalue weighted by atomic mass is 9.91. The number of hydrogen-bond donors (Lipinski definition) is 0. The van der Waals surface area contributed by atoms with Gasteiger partial charge in [0.1, 0.15) is 0 Å². The molecule has 0 aromatic heterocycles. The molecular formula is C26H29F6N3O. The third kappa shape index (κ3) is 5.05. The molecule has 2 aromatic carbocycles. The summed E-state index contributed by atoms with van der Waals surface area (Å²) < 4.78 is 80.3. The van der Waals surface area contributed by atoms with Crippen LogP contribution in [0.4, 0.5) is 31.1 Å². The summed E-state index contributed by atoms with van der Waals surface area (Å²) in [6.45, 7) is 5.44. The zero-order valence-corrected chi connectivity index (χ0v) is 20.3. The highest BCUT2D eigenvalue weighted by Gasteiger charge is 2.44. The molecule has 2 heterocycles. The zero-order chi connectivity index (χ0) is 26.4. The van der Waals surface area contributed by atoms with Gasteiger partial charge in [-0.2, -0.15) is 26.3 Å². The summed E-state index contributed by atoms with van der Waals surface area (Å²) >= 11 is 0. The van der Waals surface area contributed by atoms with Crippen molar-refractivity contribution < 1.29 is 31.1 Å². The maximum atomic E-state index is 13.7. The van der Waals surface area contributed by atoms with Crippen molar-refractivity contribution in [2.45, 2.75) is 57.2 Å². The molecule has 2 unspecified atom stereocenters. The first kappa shape index (κ1) is 26.3. The minimum Gasteiger partial charge on any atom is -0.321 e. The number of carbonyl (C=O) groups excluding carboxylic acids is 1. The lowest BCUT2D eigenvalue weighted by Crippen LogP contribution is -2.56. The van der Waals surface area contributed by atoms with Gasteiger partial charge in [0.05, 0.1) is 23.2 Å². The molecule has 4 nitrogen and oxygen atoms in total. The summed E-state index contributed by atoms with van der Waals surface area (Å²) in [4.78, 5) is 19.1. The van der Waals surface area contributed by atoms with Gasteiger partial charge in [-0.25, -0.2) is 4.79 Å². The lowest BCUT2D eigenvalue weighted by molar-refractivity contribution is -0.143. The van der Waals surface area contributed by atoms with E-state index in [1.165, 1.54) is 18.9 Å². The molecule has 0 aliphatic carbocycles. The van der Waals surface area contributed by atoms with Crippen LogP contribution in [0.5, 0.6) is 0 Å². The van der Waals surface area contributed by atoms with Crippen LogP contribution in [0, 0.1) is 6.92 Å². The van der Waals surface area contributed by atoms with Gasteiger partial charge in [-0.1, -0.05) is 24.3 Å². The van der Waals surface area contributed by atoms with E-state index >= 15 is 0 Å². The van der Waals surface area contributed by atoms with E-state index in [2.05, 4.69) is 4.90 Å². The number of fused-ring (bicyclic) bond motifs is 1. The predicted molar refractivity (Wildman–Crippen MR) is 123 cm³/mol. The van der Waals surface area contributed by atoms with Gasteiger partial charge in [-0.3, -0.25) is 4.90 Å². The molecule has 2 aromatic rings. The largest absolute Gasteiger partial charge is 0.416 e. The molecule has 3 atom stereocenters. The average Bonchev–Trinajstić information content (AvgIpc) is 3.30. The van der Waals surface area contributed by atoms with Crippen LogP contribution in [0.1, 0.15) is 59.7 Å². The third-order valence-electron chi connectivity index (χ3n) is 7.47. The normalized spacial score (nSPS) is 21.9. The molecule has 0 radical (unpaired) electrons. The van der Waals surface area contributed by atoms with E-state index in [-0.39, 0.29) is 23.7 Å². The number of amides is 2. The van der Waals surface area contributed by atoms with Gasteiger partial charge in [0.15, 0.2) is 0 Å². The lowest BCUT2D eigenvalue weighted by Gasteiger charge is -2.47. The van der Waals surface area contributed by atoms with Gasteiger partial charge in [0.2, 0.25) is 0 Å². The Kier molecular flexibility index (Phi) is 7.02. The molecule has 2 aliphatic heterocycles. The maximum Gasteiger partial charge on any atom is 0.416 e. The van der Waals surface area contributed by atoms with Crippen LogP contribution >= 0.6 is 0 Å². The Bertz CT molecular complexity index is 1080. The van der Waals surface area contributed by atoms with Crippen molar-refractivity contribution in [3.05, 3.63) is 70.3 Å². The van der Waals surface area contributed by atoms with Crippen LogP contribution in [0.3, 0.4) is 0 Å². The Hall–Kier alpha value is -2.75. The topological polar surface area (TPSA) is 26.8 Å². The molecule has 2 saturated heterocycles. The number of halogens is 6. The van der Waals surface area contributed by atoms with Crippen LogP contribution in [0.25, 0.3) is 0 Å². The maximum absolute atomic E-state index is 13.7. The Morgan fingerprint density at radius 2 is 1.58 bits per heavy atom. The van der Waals surface area contributed by atoms with Gasteiger partial charge < -0.3 is 9.80 Å². The number of hydrogen-bond acceptors (Lipinski definition) is 2.